The van der Waals surface area contributed by atoms with Crippen LogP contribution in [0.3, 0.4) is 0 Å². The van der Waals surface area contributed by atoms with E-state index in [9.17, 15) is 0 Å². The van der Waals surface area contributed by atoms with Gasteiger partial charge in [-0.15, -0.1) is 11.3 Å². The van der Waals surface area contributed by atoms with Gasteiger partial charge in [-0.2, -0.15) is 5.10 Å². The number of ether oxygens (including phenoxy) is 3. The van der Waals surface area contributed by atoms with Crippen molar-refractivity contribution in [1.82, 2.24) is 9.97 Å². The molecule has 4 rings (SSSR count). The highest BCUT2D eigenvalue weighted by Crippen LogP contribution is 2.38. The van der Waals surface area contributed by atoms with E-state index in [0.717, 1.165) is 26.9 Å². The highest BCUT2D eigenvalue weighted by Gasteiger charge is 2.14. The second kappa shape index (κ2) is 8.79. The molecule has 0 aliphatic heterocycles. The average molecular weight is 420 g/mol. The Hall–Kier alpha value is -3.65. The van der Waals surface area contributed by atoms with Gasteiger partial charge in [0.1, 0.15) is 11.2 Å². The lowest BCUT2D eigenvalue weighted by atomic mass is 10.1. The Morgan fingerprint density at radius 2 is 1.70 bits per heavy atom. The normalized spacial score (nSPS) is 11.0. The first-order chi connectivity index (χ1) is 14.7. The largest absolute Gasteiger partial charge is 0.493 e. The minimum Gasteiger partial charge on any atom is -0.493 e. The smallest absolute Gasteiger partial charge is 0.203 e. The summed E-state index contributed by atoms with van der Waals surface area (Å²) < 4.78 is 16.1. The maximum atomic E-state index is 5.39. The van der Waals surface area contributed by atoms with Crippen molar-refractivity contribution in [3.05, 3.63) is 59.7 Å². The number of hydrogen-bond acceptors (Lipinski definition) is 8. The quantitative estimate of drug-likeness (QED) is 0.341. The third kappa shape index (κ3) is 3.77. The van der Waals surface area contributed by atoms with Gasteiger partial charge in [0.15, 0.2) is 17.3 Å². The summed E-state index contributed by atoms with van der Waals surface area (Å²) in [6, 6.07) is 13.8. The second-order valence-electron chi connectivity index (χ2n) is 6.25. The van der Waals surface area contributed by atoms with Crippen molar-refractivity contribution in [2.45, 2.75) is 0 Å². The summed E-state index contributed by atoms with van der Waals surface area (Å²) in [5, 5.41) is 7.40. The zero-order valence-electron chi connectivity index (χ0n) is 16.7. The first-order valence-electron chi connectivity index (χ1n) is 9.12. The van der Waals surface area contributed by atoms with Crippen LogP contribution in [0.2, 0.25) is 0 Å². The van der Waals surface area contributed by atoms with Gasteiger partial charge in [-0.05, 0) is 17.7 Å². The number of rotatable bonds is 7. The molecule has 0 radical (unpaired) electrons. The van der Waals surface area contributed by atoms with E-state index < -0.39 is 0 Å². The van der Waals surface area contributed by atoms with E-state index in [4.69, 9.17) is 14.2 Å². The molecule has 0 spiro atoms. The molecule has 0 aliphatic rings. The summed E-state index contributed by atoms with van der Waals surface area (Å²) in [6.07, 6.45) is 3.21. The van der Waals surface area contributed by atoms with E-state index in [1.165, 1.54) is 6.33 Å². The minimum atomic E-state index is 0.536. The Morgan fingerprint density at radius 3 is 2.37 bits per heavy atom. The zero-order chi connectivity index (χ0) is 20.9. The SMILES string of the molecule is COc1cc(/C=N\Nc2ncnc3scc(-c4ccccc4)c23)cc(OC)c1OC. The molecule has 152 valence electrons. The molecule has 0 atom stereocenters. The molecular weight excluding hydrogens is 400 g/mol. The Bertz CT molecular complexity index is 1170. The van der Waals surface area contributed by atoms with Gasteiger partial charge >= 0.3 is 0 Å². The number of anilines is 1. The van der Waals surface area contributed by atoms with Gasteiger partial charge in [0, 0.05) is 16.5 Å². The van der Waals surface area contributed by atoms with Gasteiger partial charge in [-0.1, -0.05) is 30.3 Å². The fourth-order valence-electron chi connectivity index (χ4n) is 3.13. The fraction of sp³-hybridized carbons (Fsp3) is 0.136. The van der Waals surface area contributed by atoms with Gasteiger partial charge in [0.25, 0.3) is 0 Å². The molecule has 8 heteroatoms. The lowest BCUT2D eigenvalue weighted by molar-refractivity contribution is 0.324. The van der Waals surface area contributed by atoms with Crippen LogP contribution in [-0.4, -0.2) is 37.5 Å². The van der Waals surface area contributed by atoms with Crippen LogP contribution in [0.15, 0.2) is 59.3 Å². The van der Waals surface area contributed by atoms with Crippen LogP contribution in [0, 0.1) is 0 Å². The Labute approximate surface area is 178 Å². The number of thiophene rings is 1. The number of nitrogens with zero attached hydrogens (tertiary/aromatic N) is 3. The lowest BCUT2D eigenvalue weighted by Gasteiger charge is -2.12. The van der Waals surface area contributed by atoms with Crippen molar-refractivity contribution in [2.75, 3.05) is 26.8 Å². The van der Waals surface area contributed by atoms with Crippen molar-refractivity contribution < 1.29 is 14.2 Å². The molecule has 0 bridgehead atoms. The van der Waals surface area contributed by atoms with E-state index >= 15 is 0 Å². The second-order valence-corrected chi connectivity index (χ2v) is 7.10. The van der Waals surface area contributed by atoms with Crippen LogP contribution in [0.1, 0.15) is 5.56 Å². The Morgan fingerprint density at radius 1 is 0.967 bits per heavy atom. The zero-order valence-corrected chi connectivity index (χ0v) is 17.6. The van der Waals surface area contributed by atoms with Gasteiger partial charge in [-0.25, -0.2) is 9.97 Å². The number of benzene rings is 2. The molecule has 30 heavy (non-hydrogen) atoms. The molecule has 0 aliphatic carbocycles. The molecule has 0 unspecified atom stereocenters. The number of fused-ring (bicyclic) bond motifs is 1. The Balaban J connectivity index is 1.66. The monoisotopic (exact) mass is 420 g/mol. The van der Waals surface area contributed by atoms with Gasteiger partial charge in [0.05, 0.1) is 32.9 Å². The fourth-order valence-corrected chi connectivity index (χ4v) is 4.05. The minimum absolute atomic E-state index is 0.536. The standard InChI is InChI=1S/C22H20N4O3S/c1-27-17-9-14(10-18(28-2)20(17)29-3)11-25-26-21-19-16(15-7-5-4-6-8-15)12-30-22(19)24-13-23-21/h4-13H,1-3H3,(H,23,24,26)/b25-11-. The van der Waals surface area contributed by atoms with Gasteiger partial charge < -0.3 is 14.2 Å². The molecule has 4 aromatic rings. The van der Waals surface area contributed by atoms with Crippen molar-refractivity contribution >= 4 is 33.6 Å². The molecule has 0 saturated carbocycles. The van der Waals surface area contributed by atoms with E-state index in [-0.39, 0.29) is 0 Å². The Kier molecular flexibility index (Phi) is 5.76. The van der Waals surface area contributed by atoms with Gasteiger partial charge in [0.2, 0.25) is 5.75 Å². The summed E-state index contributed by atoms with van der Waals surface area (Å²) in [7, 11) is 4.73. The van der Waals surface area contributed by atoms with Gasteiger partial charge in [-0.3, -0.25) is 5.43 Å². The third-order valence-corrected chi connectivity index (χ3v) is 5.41. The van der Waals surface area contributed by atoms with Crippen LogP contribution in [0.25, 0.3) is 21.3 Å². The number of nitrogens with one attached hydrogen (secondary N) is 1. The molecule has 0 amide bonds. The topological polar surface area (TPSA) is 77.9 Å². The summed E-state index contributed by atoms with van der Waals surface area (Å²) in [4.78, 5) is 9.68. The highest BCUT2D eigenvalue weighted by molar-refractivity contribution is 7.17. The summed E-state index contributed by atoms with van der Waals surface area (Å²) >= 11 is 1.58. The maximum Gasteiger partial charge on any atom is 0.203 e. The van der Waals surface area contributed by atoms with Crippen molar-refractivity contribution in [3.8, 4) is 28.4 Å². The van der Waals surface area contributed by atoms with Crippen molar-refractivity contribution in [3.63, 3.8) is 0 Å². The van der Waals surface area contributed by atoms with Crippen LogP contribution >= 0.6 is 11.3 Å². The summed E-state index contributed by atoms with van der Waals surface area (Å²) in [5.74, 6) is 2.30. The molecule has 7 nitrogen and oxygen atoms in total. The van der Waals surface area contributed by atoms with E-state index in [2.05, 4.69) is 38.0 Å². The number of hydrazone groups is 1. The first kappa shape index (κ1) is 19.7. The first-order valence-corrected chi connectivity index (χ1v) is 9.99. The average Bonchev–Trinajstić information content (AvgIpc) is 3.24. The van der Waals surface area contributed by atoms with Crippen LogP contribution < -0.4 is 19.6 Å². The molecule has 2 aromatic carbocycles. The predicted octanol–water partition coefficient (Wildman–Crippen LogP) is 4.83. The van der Waals surface area contributed by atoms with E-state index in [0.29, 0.717) is 23.1 Å². The van der Waals surface area contributed by atoms with Crippen LogP contribution in [0.4, 0.5) is 5.82 Å². The summed E-state index contributed by atoms with van der Waals surface area (Å²) in [5.41, 5.74) is 6.01. The molecule has 0 fully saturated rings. The maximum absolute atomic E-state index is 5.39. The van der Waals surface area contributed by atoms with Crippen molar-refractivity contribution in [1.29, 1.82) is 0 Å². The lowest BCUT2D eigenvalue weighted by Crippen LogP contribution is -1.98. The molecular formula is C22H20N4O3S. The van der Waals surface area contributed by atoms with Crippen LogP contribution in [0.5, 0.6) is 17.2 Å². The summed E-state index contributed by atoms with van der Waals surface area (Å²) in [6.45, 7) is 0. The number of aromatic nitrogens is 2. The molecule has 2 heterocycles. The molecule has 2 aromatic heterocycles. The molecule has 0 saturated heterocycles. The predicted molar refractivity (Wildman–Crippen MR) is 120 cm³/mol. The van der Waals surface area contributed by atoms with Crippen molar-refractivity contribution in [2.24, 2.45) is 5.10 Å². The number of hydrogen-bond donors (Lipinski definition) is 1. The number of methoxy groups -OCH3 is 3. The molecule has 1 N–H and O–H groups in total. The van der Waals surface area contributed by atoms with E-state index in [1.807, 2.05) is 30.3 Å². The third-order valence-electron chi connectivity index (χ3n) is 4.53. The highest BCUT2D eigenvalue weighted by atomic mass is 32.1. The van der Waals surface area contributed by atoms with Crippen LogP contribution in [-0.2, 0) is 0 Å². The van der Waals surface area contributed by atoms with E-state index in [1.54, 1.807) is 38.9 Å².